The van der Waals surface area contributed by atoms with Crippen molar-refractivity contribution in [2.24, 2.45) is 0 Å². The number of nitro groups is 1. The Morgan fingerprint density at radius 3 is 2.93 bits per heavy atom. The summed E-state index contributed by atoms with van der Waals surface area (Å²) in [5, 5.41) is 11.3. The summed E-state index contributed by atoms with van der Waals surface area (Å²) < 4.78 is 0. The summed E-state index contributed by atoms with van der Waals surface area (Å²) in [6.45, 7) is 3.55. The first-order valence-electron chi connectivity index (χ1n) is 9.20. The molecule has 2 heterocycles. The lowest BCUT2D eigenvalue weighted by atomic mass is 10.1. The van der Waals surface area contributed by atoms with Crippen LogP contribution in [0.3, 0.4) is 0 Å². The Bertz CT molecular complexity index is 966. The average molecular weight is 362 g/mol. The SMILES string of the molecule is Cc1cccc(-c2cnc([C@H]3CCCN3Cc3ccccc3[N+](=O)[O-])[nH]2)c1. The third kappa shape index (κ3) is 3.61. The van der Waals surface area contributed by atoms with Gasteiger partial charge in [0.1, 0.15) is 5.82 Å². The number of para-hydroxylation sites is 1. The molecule has 1 aromatic heterocycles. The van der Waals surface area contributed by atoms with Crippen LogP contribution in [-0.4, -0.2) is 26.3 Å². The Balaban J connectivity index is 1.57. The predicted molar refractivity (Wildman–Crippen MR) is 104 cm³/mol. The van der Waals surface area contributed by atoms with Gasteiger partial charge in [0.15, 0.2) is 0 Å². The Kier molecular flexibility index (Phi) is 4.73. The van der Waals surface area contributed by atoms with E-state index in [1.807, 2.05) is 24.4 Å². The molecule has 1 N–H and O–H groups in total. The molecule has 1 aliphatic rings. The molecule has 1 aliphatic heterocycles. The zero-order chi connectivity index (χ0) is 18.8. The summed E-state index contributed by atoms with van der Waals surface area (Å²) in [6.07, 6.45) is 3.94. The standard InChI is InChI=1S/C21H22N4O2/c1-15-6-4-8-16(12-15)18-13-22-21(23-18)20-10-5-11-24(20)14-17-7-2-3-9-19(17)25(26)27/h2-4,6-9,12-13,20H,5,10-11,14H2,1H3,(H,22,23)/t20-/m1/s1. The number of nitro benzene ring substituents is 1. The molecule has 0 radical (unpaired) electrons. The lowest BCUT2D eigenvalue weighted by Gasteiger charge is -2.22. The highest BCUT2D eigenvalue weighted by Crippen LogP contribution is 2.34. The topological polar surface area (TPSA) is 75.1 Å². The molecule has 0 aliphatic carbocycles. The number of aryl methyl sites for hydroxylation is 1. The molecule has 1 saturated heterocycles. The van der Waals surface area contributed by atoms with Gasteiger partial charge in [0, 0.05) is 18.2 Å². The van der Waals surface area contributed by atoms with E-state index in [2.05, 4.69) is 40.0 Å². The first-order chi connectivity index (χ1) is 13.1. The number of rotatable bonds is 5. The van der Waals surface area contributed by atoms with E-state index in [1.54, 1.807) is 12.1 Å². The van der Waals surface area contributed by atoms with Crippen molar-refractivity contribution in [2.45, 2.75) is 32.4 Å². The minimum atomic E-state index is -0.302. The van der Waals surface area contributed by atoms with E-state index in [9.17, 15) is 10.1 Å². The van der Waals surface area contributed by atoms with Crippen molar-refractivity contribution in [1.82, 2.24) is 14.9 Å². The molecule has 3 aromatic rings. The third-order valence-electron chi connectivity index (χ3n) is 5.17. The predicted octanol–water partition coefficient (Wildman–Crippen LogP) is 4.63. The second kappa shape index (κ2) is 7.32. The van der Waals surface area contributed by atoms with Gasteiger partial charge in [-0.1, -0.05) is 42.0 Å². The number of H-pyrrole nitrogens is 1. The van der Waals surface area contributed by atoms with Crippen LogP contribution < -0.4 is 0 Å². The fourth-order valence-electron chi connectivity index (χ4n) is 3.83. The van der Waals surface area contributed by atoms with Gasteiger partial charge in [-0.15, -0.1) is 0 Å². The zero-order valence-electron chi connectivity index (χ0n) is 15.3. The van der Waals surface area contributed by atoms with E-state index in [0.717, 1.165) is 42.0 Å². The lowest BCUT2D eigenvalue weighted by molar-refractivity contribution is -0.385. The lowest BCUT2D eigenvalue weighted by Crippen LogP contribution is -2.24. The Morgan fingerprint density at radius 1 is 1.26 bits per heavy atom. The van der Waals surface area contributed by atoms with Crippen molar-refractivity contribution in [3.8, 4) is 11.3 Å². The molecule has 2 aromatic carbocycles. The number of nitrogens with zero attached hydrogens (tertiary/aromatic N) is 3. The maximum atomic E-state index is 11.3. The van der Waals surface area contributed by atoms with Gasteiger partial charge in [-0.3, -0.25) is 15.0 Å². The van der Waals surface area contributed by atoms with Crippen molar-refractivity contribution < 1.29 is 4.92 Å². The molecule has 6 heteroatoms. The van der Waals surface area contributed by atoms with Gasteiger partial charge in [0.25, 0.3) is 5.69 Å². The van der Waals surface area contributed by atoms with Crippen LogP contribution in [0.1, 0.15) is 35.8 Å². The third-order valence-corrected chi connectivity index (χ3v) is 5.17. The number of aromatic amines is 1. The van der Waals surface area contributed by atoms with Gasteiger partial charge in [0.2, 0.25) is 0 Å². The average Bonchev–Trinajstić information content (AvgIpc) is 3.31. The summed E-state index contributed by atoms with van der Waals surface area (Å²) in [5.41, 5.74) is 4.27. The molecule has 0 amide bonds. The molecule has 0 unspecified atom stereocenters. The highest BCUT2D eigenvalue weighted by molar-refractivity contribution is 5.59. The first kappa shape index (κ1) is 17.4. The molecular formula is C21H22N4O2. The highest BCUT2D eigenvalue weighted by Gasteiger charge is 2.30. The van der Waals surface area contributed by atoms with Crippen LogP contribution >= 0.6 is 0 Å². The van der Waals surface area contributed by atoms with Crippen LogP contribution in [0.4, 0.5) is 5.69 Å². The first-order valence-corrected chi connectivity index (χ1v) is 9.20. The fraction of sp³-hybridized carbons (Fsp3) is 0.286. The summed E-state index contributed by atoms with van der Waals surface area (Å²) in [5.74, 6) is 0.933. The summed E-state index contributed by atoms with van der Waals surface area (Å²) in [4.78, 5) is 21.4. The smallest absolute Gasteiger partial charge is 0.273 e. The molecule has 1 fully saturated rings. The quantitative estimate of drug-likeness (QED) is 0.530. The molecule has 138 valence electrons. The van der Waals surface area contributed by atoms with Crippen LogP contribution in [-0.2, 0) is 6.54 Å². The largest absolute Gasteiger partial charge is 0.341 e. The van der Waals surface area contributed by atoms with Crippen molar-refractivity contribution in [3.05, 3.63) is 81.8 Å². The van der Waals surface area contributed by atoms with Gasteiger partial charge < -0.3 is 4.98 Å². The van der Waals surface area contributed by atoms with Gasteiger partial charge in [-0.05, 0) is 37.9 Å². The van der Waals surface area contributed by atoms with Crippen LogP contribution in [0, 0.1) is 17.0 Å². The van der Waals surface area contributed by atoms with Crippen molar-refractivity contribution in [2.75, 3.05) is 6.54 Å². The fourth-order valence-corrected chi connectivity index (χ4v) is 3.83. The van der Waals surface area contributed by atoms with Crippen molar-refractivity contribution in [1.29, 1.82) is 0 Å². The zero-order valence-corrected chi connectivity index (χ0v) is 15.3. The number of benzene rings is 2. The number of hydrogen-bond acceptors (Lipinski definition) is 4. The molecule has 4 rings (SSSR count). The number of imidazole rings is 1. The van der Waals surface area contributed by atoms with E-state index in [0.29, 0.717) is 6.54 Å². The molecule has 6 nitrogen and oxygen atoms in total. The maximum absolute atomic E-state index is 11.3. The van der Waals surface area contributed by atoms with Gasteiger partial charge in [-0.2, -0.15) is 0 Å². The molecule has 0 bridgehead atoms. The van der Waals surface area contributed by atoms with E-state index in [1.165, 1.54) is 5.56 Å². The summed E-state index contributed by atoms with van der Waals surface area (Å²) in [6, 6.07) is 15.5. The highest BCUT2D eigenvalue weighted by atomic mass is 16.6. The minimum absolute atomic E-state index is 0.156. The second-order valence-corrected chi connectivity index (χ2v) is 7.07. The Labute approximate surface area is 158 Å². The van der Waals surface area contributed by atoms with Gasteiger partial charge in [0.05, 0.1) is 22.9 Å². The van der Waals surface area contributed by atoms with Crippen LogP contribution in [0.25, 0.3) is 11.3 Å². The molecule has 0 spiro atoms. The Hall–Kier alpha value is -2.99. The number of nitrogens with one attached hydrogen (secondary N) is 1. The van der Waals surface area contributed by atoms with Gasteiger partial charge >= 0.3 is 0 Å². The number of hydrogen-bond donors (Lipinski definition) is 1. The minimum Gasteiger partial charge on any atom is -0.341 e. The van der Waals surface area contributed by atoms with E-state index < -0.39 is 0 Å². The van der Waals surface area contributed by atoms with E-state index in [4.69, 9.17) is 0 Å². The van der Waals surface area contributed by atoms with Crippen molar-refractivity contribution in [3.63, 3.8) is 0 Å². The van der Waals surface area contributed by atoms with Crippen LogP contribution in [0.15, 0.2) is 54.7 Å². The second-order valence-electron chi connectivity index (χ2n) is 7.07. The molecule has 0 saturated carbocycles. The van der Waals surface area contributed by atoms with Crippen LogP contribution in [0.5, 0.6) is 0 Å². The monoisotopic (exact) mass is 362 g/mol. The number of likely N-dealkylation sites (tertiary alicyclic amines) is 1. The Morgan fingerprint density at radius 2 is 2.11 bits per heavy atom. The van der Waals surface area contributed by atoms with Crippen molar-refractivity contribution >= 4 is 5.69 Å². The molecule has 27 heavy (non-hydrogen) atoms. The van der Waals surface area contributed by atoms with E-state index >= 15 is 0 Å². The normalized spacial score (nSPS) is 17.3. The summed E-state index contributed by atoms with van der Waals surface area (Å²) in [7, 11) is 0. The number of aromatic nitrogens is 2. The maximum Gasteiger partial charge on any atom is 0.273 e. The summed E-state index contributed by atoms with van der Waals surface area (Å²) >= 11 is 0. The van der Waals surface area contributed by atoms with E-state index in [-0.39, 0.29) is 16.7 Å². The molecular weight excluding hydrogens is 340 g/mol. The molecule has 1 atom stereocenters. The van der Waals surface area contributed by atoms with Gasteiger partial charge in [-0.25, -0.2) is 4.98 Å². The van der Waals surface area contributed by atoms with Crippen LogP contribution in [0.2, 0.25) is 0 Å².